The number of carboxylic acid groups (broad SMARTS) is 1. The van der Waals surface area contributed by atoms with Gasteiger partial charge in [0.05, 0.1) is 5.37 Å². The highest BCUT2D eigenvalue weighted by atomic mass is 32.2. The lowest BCUT2D eigenvalue weighted by molar-refractivity contribution is -0.139. The number of carbonyl (C=O) groups is 1. The summed E-state index contributed by atoms with van der Waals surface area (Å²) in [4.78, 5) is 10.9. The summed E-state index contributed by atoms with van der Waals surface area (Å²) in [6.45, 7) is 0. The molecule has 6 heteroatoms. The van der Waals surface area contributed by atoms with Gasteiger partial charge in [-0.3, -0.25) is 10.1 Å². The number of aromatic hydroxyl groups is 2. The van der Waals surface area contributed by atoms with E-state index in [0.29, 0.717) is 6.42 Å². The molecule has 0 aliphatic carbocycles. The number of phenols is 2. The van der Waals surface area contributed by atoms with E-state index < -0.39 is 12.0 Å². The van der Waals surface area contributed by atoms with Crippen LogP contribution in [0.5, 0.6) is 11.5 Å². The highest BCUT2D eigenvalue weighted by Gasteiger charge is 2.27. The van der Waals surface area contributed by atoms with E-state index in [1.165, 1.54) is 12.1 Å². The van der Waals surface area contributed by atoms with Crippen LogP contribution in [0.25, 0.3) is 0 Å². The largest absolute Gasteiger partial charge is 0.504 e. The summed E-state index contributed by atoms with van der Waals surface area (Å²) in [6, 6.07) is 3.96. The molecule has 1 aliphatic rings. The van der Waals surface area contributed by atoms with Crippen LogP contribution in [0.15, 0.2) is 18.2 Å². The number of phenolic OH excluding ortho intramolecular Hbond substituents is 2. The highest BCUT2D eigenvalue weighted by Crippen LogP contribution is 2.35. The molecule has 2 atom stereocenters. The number of benzene rings is 1. The molecular weight excluding hydrogens is 242 g/mol. The Morgan fingerprint density at radius 3 is 2.76 bits per heavy atom. The Balaban J connectivity index is 2.16. The minimum Gasteiger partial charge on any atom is -0.504 e. The van der Waals surface area contributed by atoms with E-state index in [9.17, 15) is 15.0 Å². The molecule has 0 aromatic heterocycles. The van der Waals surface area contributed by atoms with Crippen molar-refractivity contribution in [3.05, 3.63) is 23.8 Å². The lowest BCUT2D eigenvalue weighted by Gasteiger charge is -2.28. The Morgan fingerprint density at radius 1 is 1.35 bits per heavy atom. The van der Waals surface area contributed by atoms with Crippen LogP contribution in [-0.2, 0) is 4.79 Å². The first-order valence-electron chi connectivity index (χ1n) is 5.20. The van der Waals surface area contributed by atoms with Gasteiger partial charge in [-0.05, 0) is 29.9 Å². The summed E-state index contributed by atoms with van der Waals surface area (Å²) >= 11 is 1.58. The van der Waals surface area contributed by atoms with Gasteiger partial charge in [0.1, 0.15) is 6.04 Å². The van der Waals surface area contributed by atoms with E-state index >= 15 is 0 Å². The normalized spacial score (nSPS) is 24.5. The molecule has 92 valence electrons. The minimum atomic E-state index is -0.863. The molecule has 0 saturated carbocycles. The predicted octanol–water partition coefficient (Wildman–Crippen LogP) is 1.28. The molecule has 0 amide bonds. The average Bonchev–Trinajstić information content (AvgIpc) is 2.33. The summed E-state index contributed by atoms with van der Waals surface area (Å²) in [5.41, 5.74) is 0.760. The van der Waals surface area contributed by atoms with Gasteiger partial charge in [0.2, 0.25) is 0 Å². The summed E-state index contributed by atoms with van der Waals surface area (Å²) in [6.07, 6.45) is 0.584. The van der Waals surface area contributed by atoms with Crippen LogP contribution < -0.4 is 5.32 Å². The zero-order chi connectivity index (χ0) is 12.4. The Hall–Kier alpha value is -1.40. The van der Waals surface area contributed by atoms with Gasteiger partial charge in [-0.2, -0.15) is 0 Å². The molecule has 1 saturated heterocycles. The molecule has 1 fully saturated rings. The van der Waals surface area contributed by atoms with Crippen LogP contribution in [0.2, 0.25) is 0 Å². The number of thioether (sulfide) groups is 1. The van der Waals surface area contributed by atoms with E-state index in [4.69, 9.17) is 5.11 Å². The topological polar surface area (TPSA) is 89.8 Å². The fourth-order valence-electron chi connectivity index (χ4n) is 1.71. The second-order valence-corrected chi connectivity index (χ2v) is 5.06. The Bertz CT molecular complexity index is 437. The van der Waals surface area contributed by atoms with Crippen LogP contribution in [-0.4, -0.2) is 33.1 Å². The summed E-state index contributed by atoms with van der Waals surface area (Å²) in [5.74, 6) is -0.485. The number of hydrogen-bond donors (Lipinski definition) is 4. The number of rotatable bonds is 2. The van der Waals surface area contributed by atoms with Crippen molar-refractivity contribution >= 4 is 17.7 Å². The van der Waals surface area contributed by atoms with Gasteiger partial charge in [-0.25, -0.2) is 0 Å². The summed E-state index contributed by atoms with van der Waals surface area (Å²) in [5, 5.41) is 30.4. The highest BCUT2D eigenvalue weighted by molar-refractivity contribution is 7.99. The molecule has 4 N–H and O–H groups in total. The van der Waals surface area contributed by atoms with Gasteiger partial charge < -0.3 is 15.3 Å². The molecule has 2 rings (SSSR count). The molecule has 0 radical (unpaired) electrons. The van der Waals surface area contributed by atoms with Crippen molar-refractivity contribution in [3.63, 3.8) is 0 Å². The summed E-state index contributed by atoms with van der Waals surface area (Å²) in [7, 11) is 0. The molecule has 0 spiro atoms. The molecule has 2 unspecified atom stereocenters. The van der Waals surface area contributed by atoms with Gasteiger partial charge in [0.15, 0.2) is 11.5 Å². The van der Waals surface area contributed by atoms with E-state index in [1.54, 1.807) is 17.8 Å². The van der Waals surface area contributed by atoms with E-state index in [0.717, 1.165) is 11.3 Å². The molecule has 1 aromatic carbocycles. The second-order valence-electron chi connectivity index (χ2n) is 3.85. The lowest BCUT2D eigenvalue weighted by Crippen LogP contribution is -2.41. The van der Waals surface area contributed by atoms with Gasteiger partial charge >= 0.3 is 5.97 Å². The first-order chi connectivity index (χ1) is 8.08. The smallest absolute Gasteiger partial charge is 0.320 e. The fraction of sp³-hybridized carbons (Fsp3) is 0.364. The van der Waals surface area contributed by atoms with E-state index in [1.807, 2.05) is 0 Å². The van der Waals surface area contributed by atoms with Crippen LogP contribution in [0.3, 0.4) is 0 Å². The van der Waals surface area contributed by atoms with E-state index in [-0.39, 0.29) is 16.9 Å². The standard InChI is InChI=1S/C11H13NO4S/c13-8-2-1-6(5-9(8)14)10-12-7(11(15)16)3-4-17-10/h1-2,5,7,10,12-14H,3-4H2,(H,15,16). The van der Waals surface area contributed by atoms with Gasteiger partial charge in [0, 0.05) is 0 Å². The monoisotopic (exact) mass is 255 g/mol. The number of nitrogens with one attached hydrogen (secondary N) is 1. The SMILES string of the molecule is O=C(O)C1CCSC(c2ccc(O)c(O)c2)N1. The average molecular weight is 255 g/mol. The maximum absolute atomic E-state index is 10.9. The number of carboxylic acids is 1. The molecule has 17 heavy (non-hydrogen) atoms. The lowest BCUT2D eigenvalue weighted by atomic mass is 10.1. The third-order valence-electron chi connectivity index (χ3n) is 2.64. The van der Waals surface area contributed by atoms with Crippen LogP contribution in [0.1, 0.15) is 17.4 Å². The van der Waals surface area contributed by atoms with Crippen molar-refractivity contribution in [2.45, 2.75) is 17.8 Å². The van der Waals surface area contributed by atoms with Crippen LogP contribution in [0.4, 0.5) is 0 Å². The Labute approximate surface area is 102 Å². The van der Waals surface area contributed by atoms with Crippen molar-refractivity contribution in [2.24, 2.45) is 0 Å². The maximum atomic E-state index is 10.9. The minimum absolute atomic E-state index is 0.170. The van der Waals surface area contributed by atoms with Gasteiger partial charge in [-0.1, -0.05) is 6.07 Å². The molecule has 5 nitrogen and oxygen atoms in total. The number of hydrogen-bond acceptors (Lipinski definition) is 5. The Kier molecular flexibility index (Phi) is 3.44. The summed E-state index contributed by atoms with van der Waals surface area (Å²) < 4.78 is 0. The zero-order valence-corrected chi connectivity index (χ0v) is 9.78. The third-order valence-corrected chi connectivity index (χ3v) is 3.86. The predicted molar refractivity (Wildman–Crippen MR) is 64.1 cm³/mol. The van der Waals surface area contributed by atoms with Gasteiger partial charge in [-0.15, -0.1) is 11.8 Å². The van der Waals surface area contributed by atoms with Crippen LogP contribution in [0, 0.1) is 0 Å². The second kappa shape index (κ2) is 4.85. The van der Waals surface area contributed by atoms with Crippen molar-refractivity contribution in [1.82, 2.24) is 5.32 Å². The van der Waals surface area contributed by atoms with Crippen LogP contribution >= 0.6 is 11.8 Å². The van der Waals surface area contributed by atoms with Crippen molar-refractivity contribution in [2.75, 3.05) is 5.75 Å². The molecule has 1 heterocycles. The van der Waals surface area contributed by atoms with E-state index in [2.05, 4.69) is 5.32 Å². The van der Waals surface area contributed by atoms with Crippen molar-refractivity contribution in [3.8, 4) is 11.5 Å². The quantitative estimate of drug-likeness (QED) is 0.595. The molecule has 1 aliphatic heterocycles. The van der Waals surface area contributed by atoms with Crippen molar-refractivity contribution in [1.29, 1.82) is 0 Å². The first-order valence-corrected chi connectivity index (χ1v) is 6.25. The Morgan fingerprint density at radius 2 is 2.12 bits per heavy atom. The molecule has 1 aromatic rings. The number of aliphatic carboxylic acids is 1. The maximum Gasteiger partial charge on any atom is 0.320 e. The van der Waals surface area contributed by atoms with Gasteiger partial charge in [0.25, 0.3) is 0 Å². The molecular formula is C11H13NO4S. The first kappa shape index (κ1) is 12.1. The zero-order valence-electron chi connectivity index (χ0n) is 8.96. The fourth-order valence-corrected chi connectivity index (χ4v) is 2.92. The van der Waals surface area contributed by atoms with Crippen molar-refractivity contribution < 1.29 is 20.1 Å². The molecule has 0 bridgehead atoms. The third kappa shape index (κ3) is 2.65.